The lowest BCUT2D eigenvalue weighted by Gasteiger charge is -2.16. The van der Waals surface area contributed by atoms with Crippen LogP contribution in [0.15, 0.2) is 41.8 Å². The third kappa shape index (κ3) is 4.60. The fourth-order valence-electron chi connectivity index (χ4n) is 2.14. The van der Waals surface area contributed by atoms with Crippen molar-refractivity contribution < 1.29 is 9.59 Å². The van der Waals surface area contributed by atoms with E-state index in [0.29, 0.717) is 6.54 Å². The third-order valence-electron chi connectivity index (χ3n) is 3.33. The number of nitrogens with two attached hydrogens (primary N) is 1. The predicted octanol–water partition coefficient (Wildman–Crippen LogP) is 2.47. The minimum Gasteiger partial charge on any atom is -0.352 e. The maximum Gasteiger partial charge on any atom is 0.312 e. The quantitative estimate of drug-likeness (QED) is 0.764. The van der Waals surface area contributed by atoms with E-state index < -0.39 is 12.1 Å². The number of amides is 3. The first-order valence-corrected chi connectivity index (χ1v) is 7.85. The van der Waals surface area contributed by atoms with Crippen molar-refractivity contribution in [3.05, 3.63) is 57.8 Å². The molecule has 1 unspecified atom stereocenters. The number of aryl methyl sites for hydroxylation is 1. The van der Waals surface area contributed by atoms with E-state index in [2.05, 4.69) is 10.6 Å². The summed E-state index contributed by atoms with van der Waals surface area (Å²) < 4.78 is 0. The second kappa shape index (κ2) is 7.61. The summed E-state index contributed by atoms with van der Waals surface area (Å²) in [5.41, 5.74) is 7.39. The Morgan fingerprint density at radius 3 is 2.64 bits per heavy atom. The molecule has 0 bridgehead atoms. The molecule has 22 heavy (non-hydrogen) atoms. The number of primary amides is 1. The molecule has 4 N–H and O–H groups in total. The van der Waals surface area contributed by atoms with E-state index in [1.807, 2.05) is 48.7 Å². The van der Waals surface area contributed by atoms with Crippen molar-refractivity contribution in [2.75, 3.05) is 0 Å². The first-order chi connectivity index (χ1) is 10.6. The average molecular weight is 317 g/mol. The van der Waals surface area contributed by atoms with Gasteiger partial charge >= 0.3 is 6.03 Å². The monoisotopic (exact) mass is 317 g/mol. The van der Waals surface area contributed by atoms with Crippen LogP contribution in [0.2, 0.25) is 0 Å². The van der Waals surface area contributed by atoms with Crippen LogP contribution in [0.25, 0.3) is 0 Å². The molecule has 0 radical (unpaired) electrons. The summed E-state index contributed by atoms with van der Waals surface area (Å²) in [4.78, 5) is 24.1. The first kappa shape index (κ1) is 16.0. The van der Waals surface area contributed by atoms with Crippen molar-refractivity contribution >= 4 is 23.3 Å². The highest BCUT2D eigenvalue weighted by Crippen LogP contribution is 2.21. The zero-order chi connectivity index (χ0) is 15.9. The Morgan fingerprint density at radius 2 is 2.00 bits per heavy atom. The molecule has 0 spiro atoms. The Hall–Kier alpha value is -2.34. The van der Waals surface area contributed by atoms with E-state index in [1.165, 1.54) is 11.3 Å². The van der Waals surface area contributed by atoms with Crippen LogP contribution >= 0.6 is 11.3 Å². The van der Waals surface area contributed by atoms with Crippen molar-refractivity contribution in [1.82, 2.24) is 10.6 Å². The Kier molecular flexibility index (Phi) is 5.55. The molecule has 0 aliphatic carbocycles. The molecule has 6 heteroatoms. The summed E-state index contributed by atoms with van der Waals surface area (Å²) in [5, 5.41) is 7.39. The normalized spacial score (nSPS) is 11.7. The van der Waals surface area contributed by atoms with Gasteiger partial charge in [0.25, 0.3) is 0 Å². The molecule has 2 aromatic rings. The summed E-state index contributed by atoms with van der Waals surface area (Å²) in [6, 6.07) is 10.6. The second-order valence-electron chi connectivity index (χ2n) is 4.98. The number of carbonyl (C=O) groups is 2. The van der Waals surface area contributed by atoms with Crippen LogP contribution in [0, 0.1) is 6.92 Å². The van der Waals surface area contributed by atoms with E-state index in [1.54, 1.807) is 0 Å². The van der Waals surface area contributed by atoms with Crippen molar-refractivity contribution in [2.24, 2.45) is 5.73 Å². The molecule has 0 saturated heterocycles. The molecule has 1 heterocycles. The molecule has 116 valence electrons. The summed E-state index contributed by atoms with van der Waals surface area (Å²) in [7, 11) is 0. The molecular weight excluding hydrogens is 298 g/mol. The van der Waals surface area contributed by atoms with Gasteiger partial charge in [0.15, 0.2) is 0 Å². The molecule has 1 aromatic heterocycles. The van der Waals surface area contributed by atoms with Crippen LogP contribution in [0.1, 0.15) is 28.5 Å². The van der Waals surface area contributed by atoms with Crippen LogP contribution in [-0.4, -0.2) is 11.9 Å². The zero-order valence-corrected chi connectivity index (χ0v) is 13.2. The summed E-state index contributed by atoms with van der Waals surface area (Å²) in [6.45, 7) is 2.48. The van der Waals surface area contributed by atoms with Crippen molar-refractivity contribution in [1.29, 1.82) is 0 Å². The number of hydrogen-bond donors (Lipinski definition) is 3. The van der Waals surface area contributed by atoms with Gasteiger partial charge in [-0.1, -0.05) is 30.3 Å². The SMILES string of the molecule is Cc1ccccc1CNC(=O)CC(NC(N)=O)c1cccs1. The molecule has 2 rings (SSSR count). The topological polar surface area (TPSA) is 84.2 Å². The van der Waals surface area contributed by atoms with Gasteiger partial charge in [0.2, 0.25) is 5.91 Å². The zero-order valence-electron chi connectivity index (χ0n) is 12.3. The van der Waals surface area contributed by atoms with E-state index in [0.717, 1.165) is 16.0 Å². The van der Waals surface area contributed by atoms with Gasteiger partial charge < -0.3 is 16.4 Å². The highest BCUT2D eigenvalue weighted by atomic mass is 32.1. The molecular formula is C16H19N3O2S. The van der Waals surface area contributed by atoms with Crippen molar-refractivity contribution in [3.63, 3.8) is 0 Å². The molecule has 1 atom stereocenters. The van der Waals surface area contributed by atoms with Crippen LogP contribution in [0.3, 0.4) is 0 Å². The van der Waals surface area contributed by atoms with Gasteiger partial charge in [0, 0.05) is 11.4 Å². The fourth-order valence-corrected chi connectivity index (χ4v) is 2.92. The molecule has 1 aromatic carbocycles. The van der Waals surface area contributed by atoms with Gasteiger partial charge in [-0.25, -0.2) is 4.79 Å². The number of nitrogens with one attached hydrogen (secondary N) is 2. The van der Waals surface area contributed by atoms with Crippen LogP contribution in [-0.2, 0) is 11.3 Å². The Morgan fingerprint density at radius 1 is 1.23 bits per heavy atom. The maximum atomic E-state index is 12.1. The number of urea groups is 1. The highest BCUT2D eigenvalue weighted by Gasteiger charge is 2.18. The Labute approximate surface area is 133 Å². The minimum atomic E-state index is -0.634. The van der Waals surface area contributed by atoms with Gasteiger partial charge in [-0.2, -0.15) is 0 Å². The number of thiophene rings is 1. The molecule has 0 fully saturated rings. The smallest absolute Gasteiger partial charge is 0.312 e. The number of rotatable bonds is 6. The van der Waals surface area contributed by atoms with E-state index in [4.69, 9.17) is 5.73 Å². The van der Waals surface area contributed by atoms with E-state index in [9.17, 15) is 9.59 Å². The van der Waals surface area contributed by atoms with Crippen LogP contribution in [0.5, 0.6) is 0 Å². The molecule has 5 nitrogen and oxygen atoms in total. The molecule has 0 aliphatic rings. The lowest BCUT2D eigenvalue weighted by Crippen LogP contribution is -2.36. The number of carbonyl (C=O) groups excluding carboxylic acids is 2. The standard InChI is InChI=1S/C16H19N3O2S/c1-11-5-2-3-6-12(11)10-18-15(20)9-13(19-16(17)21)14-7-4-8-22-14/h2-8,13H,9-10H2,1H3,(H,18,20)(H3,17,19,21). The molecule has 0 aliphatic heterocycles. The summed E-state index contributed by atoms with van der Waals surface area (Å²) in [5.74, 6) is -0.129. The van der Waals surface area contributed by atoms with Gasteiger partial charge in [-0.05, 0) is 29.5 Å². The number of hydrogen-bond acceptors (Lipinski definition) is 3. The van der Waals surface area contributed by atoms with E-state index >= 15 is 0 Å². The molecule has 0 saturated carbocycles. The second-order valence-corrected chi connectivity index (χ2v) is 5.96. The lowest BCUT2D eigenvalue weighted by atomic mass is 10.1. The van der Waals surface area contributed by atoms with Crippen LogP contribution < -0.4 is 16.4 Å². The number of benzene rings is 1. The van der Waals surface area contributed by atoms with Gasteiger partial charge in [0.05, 0.1) is 12.5 Å². The lowest BCUT2D eigenvalue weighted by molar-refractivity contribution is -0.121. The van der Waals surface area contributed by atoms with Crippen molar-refractivity contribution in [3.8, 4) is 0 Å². The van der Waals surface area contributed by atoms with Gasteiger partial charge in [-0.15, -0.1) is 11.3 Å². The minimum absolute atomic E-state index is 0.129. The maximum absolute atomic E-state index is 12.1. The van der Waals surface area contributed by atoms with E-state index in [-0.39, 0.29) is 12.3 Å². The summed E-state index contributed by atoms with van der Waals surface area (Å²) in [6.07, 6.45) is 0.162. The highest BCUT2D eigenvalue weighted by molar-refractivity contribution is 7.10. The Bertz CT molecular complexity index is 641. The Balaban J connectivity index is 1.94. The van der Waals surface area contributed by atoms with Crippen molar-refractivity contribution in [2.45, 2.75) is 25.9 Å². The average Bonchev–Trinajstić information content (AvgIpc) is 2.99. The fraction of sp³-hybridized carbons (Fsp3) is 0.250. The largest absolute Gasteiger partial charge is 0.352 e. The predicted molar refractivity (Wildman–Crippen MR) is 87.4 cm³/mol. The first-order valence-electron chi connectivity index (χ1n) is 6.97. The third-order valence-corrected chi connectivity index (χ3v) is 4.32. The van der Waals surface area contributed by atoms with Gasteiger partial charge in [-0.3, -0.25) is 4.79 Å². The summed E-state index contributed by atoms with van der Waals surface area (Å²) >= 11 is 1.48. The van der Waals surface area contributed by atoms with Crippen LogP contribution in [0.4, 0.5) is 4.79 Å². The molecule has 3 amide bonds. The van der Waals surface area contributed by atoms with Gasteiger partial charge in [0.1, 0.15) is 0 Å².